The lowest BCUT2D eigenvalue weighted by Gasteiger charge is -2.49. The van der Waals surface area contributed by atoms with Gasteiger partial charge >= 0.3 is 0 Å². The quantitative estimate of drug-likeness (QED) is 0.607. The Balaban J connectivity index is 2.96. The normalized spacial score (nSPS) is 30.7. The summed E-state index contributed by atoms with van der Waals surface area (Å²) < 4.78 is 6.40. The van der Waals surface area contributed by atoms with Gasteiger partial charge in [-0.1, -0.05) is 26.2 Å². The molecule has 0 saturated carbocycles. The molecule has 0 unspecified atom stereocenters. The van der Waals surface area contributed by atoms with Crippen molar-refractivity contribution in [2.24, 2.45) is 0 Å². The van der Waals surface area contributed by atoms with Gasteiger partial charge in [0.25, 0.3) is 0 Å². The number of hydrogen-bond acceptors (Lipinski definition) is 1. The van der Waals surface area contributed by atoms with Gasteiger partial charge in [0.1, 0.15) is 0 Å². The van der Waals surface area contributed by atoms with Crippen molar-refractivity contribution in [1.29, 1.82) is 0 Å². The van der Waals surface area contributed by atoms with Crippen LogP contribution in [-0.4, -0.2) is 39.2 Å². The molecule has 0 bridgehead atoms. The lowest BCUT2D eigenvalue weighted by Crippen LogP contribution is -2.77. The average molecular weight is 262 g/mol. The molecule has 0 N–H and O–H groups in total. The third-order valence-corrected chi connectivity index (χ3v) is 66.4. The summed E-state index contributed by atoms with van der Waals surface area (Å²) in [6.07, 6.45) is 0. The molecule has 0 aromatic rings. The molecule has 0 amide bonds. The van der Waals surface area contributed by atoms with Crippen LogP contribution in [0.2, 0.25) is 45.8 Å². The Hall–Kier alpha value is 1.04. The summed E-state index contributed by atoms with van der Waals surface area (Å²) >= 11 is 0. The van der Waals surface area contributed by atoms with Gasteiger partial charge in [-0.2, -0.15) is 0 Å². The van der Waals surface area contributed by atoms with E-state index in [1.807, 2.05) is 0 Å². The first-order chi connectivity index (χ1) is 5.69. The lowest BCUT2D eigenvalue weighted by molar-refractivity contribution is 0.607. The molecule has 0 aliphatic carbocycles. The summed E-state index contributed by atoms with van der Waals surface area (Å²) in [5.74, 6) is 0. The lowest BCUT2D eigenvalue weighted by atomic mass is 11.9. The molecule has 1 fully saturated rings. The third-order valence-electron chi connectivity index (χ3n) is 3.71. The molecule has 0 aromatic heterocycles. The zero-order valence-corrected chi connectivity index (χ0v) is 14.9. The standard InChI is InChI=1S/C7H21OSi5/c1-9-8-12(4,5)11(3)13(6,7)10(9)2/h1-7H3. The summed E-state index contributed by atoms with van der Waals surface area (Å²) in [5.41, 5.74) is 0. The minimum atomic E-state index is -1.20. The van der Waals surface area contributed by atoms with Gasteiger partial charge in [-0.3, -0.25) is 0 Å². The van der Waals surface area contributed by atoms with Crippen molar-refractivity contribution in [3.05, 3.63) is 0 Å². The number of rotatable bonds is 0. The Labute approximate surface area is 89.1 Å². The van der Waals surface area contributed by atoms with E-state index in [-0.39, 0.29) is 24.2 Å². The molecule has 0 atom stereocenters. The van der Waals surface area contributed by atoms with Crippen LogP contribution in [-0.2, 0) is 4.12 Å². The van der Waals surface area contributed by atoms with E-state index in [4.69, 9.17) is 4.12 Å². The second-order valence-electron chi connectivity index (χ2n) is 5.04. The van der Waals surface area contributed by atoms with Gasteiger partial charge < -0.3 is 4.12 Å². The Morgan fingerprint density at radius 1 is 0.923 bits per heavy atom. The Morgan fingerprint density at radius 3 is 1.85 bits per heavy atom. The van der Waals surface area contributed by atoms with Crippen molar-refractivity contribution in [3.63, 3.8) is 0 Å². The van der Waals surface area contributed by atoms with E-state index in [2.05, 4.69) is 45.8 Å². The average Bonchev–Trinajstić information content (AvgIpc) is 1.98. The summed E-state index contributed by atoms with van der Waals surface area (Å²) in [6.45, 7) is 17.8. The molecule has 3 radical (unpaired) electrons. The molecule has 0 aromatic carbocycles. The van der Waals surface area contributed by atoms with E-state index in [0.717, 1.165) is 0 Å². The van der Waals surface area contributed by atoms with Gasteiger partial charge in [-0.15, -0.1) is 0 Å². The monoisotopic (exact) mass is 261 g/mol. The molecular weight excluding hydrogens is 241 g/mol. The third kappa shape index (κ3) is 2.02. The van der Waals surface area contributed by atoms with Crippen LogP contribution in [0, 0.1) is 0 Å². The largest absolute Gasteiger partial charge is 0.461 e. The second kappa shape index (κ2) is 3.56. The predicted molar refractivity (Wildman–Crippen MR) is 70.9 cm³/mol. The first kappa shape index (κ1) is 12.1. The van der Waals surface area contributed by atoms with Gasteiger partial charge in [0.2, 0.25) is 0 Å². The summed E-state index contributed by atoms with van der Waals surface area (Å²) in [7, 11) is -2.54. The van der Waals surface area contributed by atoms with Crippen LogP contribution < -0.4 is 0 Å². The van der Waals surface area contributed by atoms with E-state index in [1.54, 1.807) is 0 Å². The van der Waals surface area contributed by atoms with Gasteiger partial charge in [-0.05, 0) is 19.6 Å². The van der Waals surface area contributed by atoms with Crippen molar-refractivity contribution in [3.8, 4) is 0 Å². The molecular formula is C7H21OSi5. The maximum atomic E-state index is 6.40. The highest BCUT2D eigenvalue weighted by molar-refractivity contribution is 7.83. The Bertz CT molecular complexity index is 205. The fraction of sp³-hybridized carbons (Fsp3) is 1.00. The topological polar surface area (TPSA) is 9.23 Å². The van der Waals surface area contributed by atoms with E-state index in [0.29, 0.717) is 0 Å². The zero-order valence-electron chi connectivity index (χ0n) is 9.91. The van der Waals surface area contributed by atoms with E-state index < -0.39 is 14.9 Å². The van der Waals surface area contributed by atoms with Crippen molar-refractivity contribution < 1.29 is 4.12 Å². The summed E-state index contributed by atoms with van der Waals surface area (Å²) in [5, 5.41) is 0. The summed E-state index contributed by atoms with van der Waals surface area (Å²) in [6, 6.07) is 0. The van der Waals surface area contributed by atoms with Crippen molar-refractivity contribution in [2.75, 3.05) is 0 Å². The first-order valence-electron chi connectivity index (χ1n) is 4.91. The van der Waals surface area contributed by atoms with Gasteiger partial charge in [0.05, 0.1) is 15.7 Å². The van der Waals surface area contributed by atoms with Crippen molar-refractivity contribution in [1.82, 2.24) is 0 Å². The fourth-order valence-corrected chi connectivity index (χ4v) is 81.1. The van der Waals surface area contributed by atoms with E-state index in [1.165, 1.54) is 0 Å². The maximum Gasteiger partial charge on any atom is 0.172 e. The molecule has 6 heteroatoms. The molecule has 1 heterocycles. The van der Waals surface area contributed by atoms with Crippen LogP contribution in [0.4, 0.5) is 0 Å². The maximum absolute atomic E-state index is 6.40. The highest BCUT2D eigenvalue weighted by Gasteiger charge is 2.53. The molecule has 13 heavy (non-hydrogen) atoms. The van der Waals surface area contributed by atoms with Gasteiger partial charge in [0, 0.05) is 7.11 Å². The van der Waals surface area contributed by atoms with Crippen LogP contribution >= 0.6 is 0 Å². The molecule has 1 aliphatic heterocycles. The molecule has 1 aliphatic rings. The molecule has 75 valence electrons. The minimum Gasteiger partial charge on any atom is -0.461 e. The van der Waals surface area contributed by atoms with Crippen LogP contribution in [0.25, 0.3) is 0 Å². The van der Waals surface area contributed by atoms with Crippen molar-refractivity contribution in [2.45, 2.75) is 45.8 Å². The molecule has 1 rings (SSSR count). The first-order valence-corrected chi connectivity index (χ1v) is 20.7. The SMILES string of the molecule is C[Si]1O[Si](C)(C)[Si](C)[Si](C)(C)[Si]1C. The Morgan fingerprint density at radius 2 is 1.38 bits per heavy atom. The minimum absolute atomic E-state index is 0.0673. The predicted octanol–water partition coefficient (Wildman–Crippen LogP) is 2.11. The van der Waals surface area contributed by atoms with Crippen LogP contribution in [0.1, 0.15) is 0 Å². The molecule has 1 saturated heterocycles. The second-order valence-corrected chi connectivity index (χ2v) is 42.5. The highest BCUT2D eigenvalue weighted by Crippen LogP contribution is 2.28. The van der Waals surface area contributed by atoms with Crippen LogP contribution in [0.3, 0.4) is 0 Å². The van der Waals surface area contributed by atoms with E-state index in [9.17, 15) is 0 Å². The van der Waals surface area contributed by atoms with Gasteiger partial charge in [0.15, 0.2) is 16.4 Å². The fourth-order valence-electron chi connectivity index (χ4n) is 2.01. The zero-order chi connectivity index (χ0) is 10.4. The van der Waals surface area contributed by atoms with Gasteiger partial charge in [-0.25, -0.2) is 0 Å². The Kier molecular flexibility index (Phi) is 3.32. The smallest absolute Gasteiger partial charge is 0.172 e. The number of hydrogen-bond donors (Lipinski definition) is 0. The highest BCUT2D eigenvalue weighted by atomic mass is 29.9. The van der Waals surface area contributed by atoms with Crippen LogP contribution in [0.5, 0.6) is 0 Å². The summed E-state index contributed by atoms with van der Waals surface area (Å²) in [4.78, 5) is 0. The van der Waals surface area contributed by atoms with E-state index >= 15 is 0 Å². The van der Waals surface area contributed by atoms with Crippen LogP contribution in [0.15, 0.2) is 0 Å². The molecule has 0 spiro atoms. The van der Waals surface area contributed by atoms with Crippen molar-refractivity contribution >= 4 is 39.2 Å². The molecule has 1 nitrogen and oxygen atoms in total.